The summed E-state index contributed by atoms with van der Waals surface area (Å²) < 4.78 is 5.73. The maximum absolute atomic E-state index is 5.73. The van der Waals surface area contributed by atoms with Crippen molar-refractivity contribution in [3.05, 3.63) is 35.9 Å². The van der Waals surface area contributed by atoms with Gasteiger partial charge in [-0.15, -0.1) is 0 Å². The summed E-state index contributed by atoms with van der Waals surface area (Å²) in [6.45, 7) is 4.83. The van der Waals surface area contributed by atoms with Gasteiger partial charge in [-0.05, 0) is 18.1 Å². The van der Waals surface area contributed by atoms with Crippen LogP contribution in [-0.4, -0.2) is 19.7 Å². The Morgan fingerprint density at radius 2 is 2.20 bits per heavy atom. The molecule has 0 unspecified atom stereocenters. The summed E-state index contributed by atoms with van der Waals surface area (Å²) in [5.41, 5.74) is 2.58. The lowest BCUT2D eigenvalue weighted by Gasteiger charge is -2.11. The van der Waals surface area contributed by atoms with Gasteiger partial charge in [-0.1, -0.05) is 31.2 Å². The molecule has 1 aliphatic rings. The molecule has 0 radical (unpaired) electrons. The van der Waals surface area contributed by atoms with Crippen molar-refractivity contribution in [1.29, 1.82) is 0 Å². The van der Waals surface area contributed by atoms with E-state index in [4.69, 9.17) is 4.74 Å². The highest BCUT2D eigenvalue weighted by atomic mass is 16.5. The van der Waals surface area contributed by atoms with Crippen LogP contribution in [0.1, 0.15) is 18.9 Å². The largest absolute Gasteiger partial charge is 0.493 e. The normalized spacial score (nSPS) is 15.1. The maximum Gasteiger partial charge on any atom is 0.126 e. The van der Waals surface area contributed by atoms with Crippen LogP contribution in [0.15, 0.2) is 30.3 Å². The fraction of sp³-hybridized carbons (Fsp3) is 0.385. The van der Waals surface area contributed by atoms with Crippen molar-refractivity contribution in [2.75, 3.05) is 19.7 Å². The molecule has 1 aromatic carbocycles. The van der Waals surface area contributed by atoms with Gasteiger partial charge in [0.1, 0.15) is 5.75 Å². The molecule has 0 fully saturated rings. The monoisotopic (exact) mass is 203 g/mol. The van der Waals surface area contributed by atoms with Crippen LogP contribution in [0.4, 0.5) is 0 Å². The Hall–Kier alpha value is -1.28. The van der Waals surface area contributed by atoms with E-state index in [-0.39, 0.29) is 0 Å². The third kappa shape index (κ3) is 2.39. The molecule has 0 saturated heterocycles. The lowest BCUT2D eigenvalue weighted by molar-refractivity contribution is 0.316. The van der Waals surface area contributed by atoms with E-state index in [9.17, 15) is 0 Å². The van der Waals surface area contributed by atoms with E-state index in [0.29, 0.717) is 0 Å². The van der Waals surface area contributed by atoms with Crippen LogP contribution in [0.3, 0.4) is 0 Å². The van der Waals surface area contributed by atoms with Crippen LogP contribution in [0, 0.1) is 0 Å². The van der Waals surface area contributed by atoms with E-state index in [1.807, 2.05) is 12.1 Å². The van der Waals surface area contributed by atoms with Crippen LogP contribution < -0.4 is 10.1 Å². The Balaban J connectivity index is 2.21. The van der Waals surface area contributed by atoms with Crippen LogP contribution >= 0.6 is 0 Å². The molecule has 1 heterocycles. The molecule has 1 N–H and O–H groups in total. The Kier molecular flexibility index (Phi) is 3.41. The van der Waals surface area contributed by atoms with E-state index in [0.717, 1.165) is 31.9 Å². The Morgan fingerprint density at radius 1 is 1.33 bits per heavy atom. The maximum atomic E-state index is 5.73. The number of ether oxygens (including phenoxy) is 1. The average Bonchev–Trinajstić information content (AvgIpc) is 2.80. The van der Waals surface area contributed by atoms with Crippen LogP contribution in [-0.2, 0) is 0 Å². The van der Waals surface area contributed by atoms with Gasteiger partial charge < -0.3 is 10.1 Å². The second-order valence-electron chi connectivity index (χ2n) is 3.70. The van der Waals surface area contributed by atoms with E-state index in [1.165, 1.54) is 11.1 Å². The highest BCUT2D eigenvalue weighted by Crippen LogP contribution is 2.26. The van der Waals surface area contributed by atoms with Crippen molar-refractivity contribution in [2.24, 2.45) is 0 Å². The molecule has 0 aromatic heterocycles. The van der Waals surface area contributed by atoms with Gasteiger partial charge in [0.25, 0.3) is 0 Å². The SMILES string of the molecule is CCCOc1ccccc1C1=CCNC1. The lowest BCUT2D eigenvalue weighted by atomic mass is 10.1. The summed E-state index contributed by atoms with van der Waals surface area (Å²) in [5, 5.41) is 3.31. The van der Waals surface area contributed by atoms with Crippen LogP contribution in [0.5, 0.6) is 5.75 Å². The van der Waals surface area contributed by atoms with Gasteiger partial charge in [-0.2, -0.15) is 0 Å². The fourth-order valence-electron chi connectivity index (χ4n) is 1.75. The summed E-state index contributed by atoms with van der Waals surface area (Å²) in [7, 11) is 0. The van der Waals surface area contributed by atoms with Crippen molar-refractivity contribution in [2.45, 2.75) is 13.3 Å². The number of benzene rings is 1. The Morgan fingerprint density at radius 3 is 2.93 bits per heavy atom. The van der Waals surface area contributed by atoms with Gasteiger partial charge in [0.15, 0.2) is 0 Å². The van der Waals surface area contributed by atoms with Gasteiger partial charge >= 0.3 is 0 Å². The predicted octanol–water partition coefficient (Wildman–Crippen LogP) is 2.46. The third-order valence-electron chi connectivity index (χ3n) is 2.50. The molecule has 2 rings (SSSR count). The summed E-state index contributed by atoms with van der Waals surface area (Å²) in [5.74, 6) is 1.01. The molecule has 0 atom stereocenters. The van der Waals surface area contributed by atoms with Gasteiger partial charge in [-0.3, -0.25) is 0 Å². The van der Waals surface area contributed by atoms with Gasteiger partial charge in [-0.25, -0.2) is 0 Å². The van der Waals surface area contributed by atoms with E-state index >= 15 is 0 Å². The minimum absolute atomic E-state index is 0.789. The second-order valence-corrected chi connectivity index (χ2v) is 3.70. The molecule has 2 heteroatoms. The zero-order chi connectivity index (χ0) is 10.5. The Bertz CT molecular complexity index is 357. The first kappa shape index (κ1) is 10.2. The molecule has 0 spiro atoms. The number of nitrogens with one attached hydrogen (secondary N) is 1. The molecule has 0 saturated carbocycles. The van der Waals surface area contributed by atoms with Crippen LogP contribution in [0.2, 0.25) is 0 Å². The van der Waals surface area contributed by atoms with Gasteiger partial charge in [0.2, 0.25) is 0 Å². The zero-order valence-electron chi connectivity index (χ0n) is 9.12. The van der Waals surface area contributed by atoms with Crippen molar-refractivity contribution in [3.63, 3.8) is 0 Å². The van der Waals surface area contributed by atoms with E-state index < -0.39 is 0 Å². The van der Waals surface area contributed by atoms with Gasteiger partial charge in [0.05, 0.1) is 6.61 Å². The molecule has 2 nitrogen and oxygen atoms in total. The molecule has 80 valence electrons. The van der Waals surface area contributed by atoms with Crippen molar-refractivity contribution in [1.82, 2.24) is 5.32 Å². The third-order valence-corrected chi connectivity index (χ3v) is 2.50. The number of rotatable bonds is 4. The van der Waals surface area contributed by atoms with Crippen molar-refractivity contribution < 1.29 is 4.74 Å². The summed E-state index contributed by atoms with van der Waals surface area (Å²) in [4.78, 5) is 0. The highest BCUT2D eigenvalue weighted by molar-refractivity contribution is 5.73. The number of hydrogen-bond donors (Lipinski definition) is 1. The fourth-order valence-corrected chi connectivity index (χ4v) is 1.75. The van der Waals surface area contributed by atoms with E-state index in [2.05, 4.69) is 30.4 Å². The number of hydrogen-bond acceptors (Lipinski definition) is 2. The molecular weight excluding hydrogens is 186 g/mol. The molecular formula is C13H17NO. The highest BCUT2D eigenvalue weighted by Gasteiger charge is 2.10. The molecule has 0 amide bonds. The summed E-state index contributed by atoms with van der Waals surface area (Å²) >= 11 is 0. The molecule has 1 aromatic rings. The minimum atomic E-state index is 0.789. The summed E-state index contributed by atoms with van der Waals surface area (Å²) in [6.07, 6.45) is 3.28. The summed E-state index contributed by atoms with van der Waals surface area (Å²) in [6, 6.07) is 8.26. The lowest BCUT2D eigenvalue weighted by Crippen LogP contribution is -2.08. The van der Waals surface area contributed by atoms with Crippen molar-refractivity contribution in [3.8, 4) is 5.75 Å². The standard InChI is InChI=1S/C13H17NO/c1-2-9-15-13-6-4-3-5-12(13)11-7-8-14-10-11/h3-7,14H,2,8-10H2,1H3. The molecule has 1 aliphatic heterocycles. The number of para-hydroxylation sites is 1. The van der Waals surface area contributed by atoms with E-state index in [1.54, 1.807) is 0 Å². The first-order valence-corrected chi connectivity index (χ1v) is 5.53. The molecule has 15 heavy (non-hydrogen) atoms. The molecule has 0 aliphatic carbocycles. The zero-order valence-corrected chi connectivity index (χ0v) is 9.12. The average molecular weight is 203 g/mol. The first-order chi connectivity index (χ1) is 7.42. The predicted molar refractivity (Wildman–Crippen MR) is 63.1 cm³/mol. The topological polar surface area (TPSA) is 21.3 Å². The molecule has 0 bridgehead atoms. The first-order valence-electron chi connectivity index (χ1n) is 5.53. The van der Waals surface area contributed by atoms with Crippen molar-refractivity contribution >= 4 is 5.57 Å². The van der Waals surface area contributed by atoms with Gasteiger partial charge in [0, 0.05) is 18.7 Å². The quantitative estimate of drug-likeness (QED) is 0.811. The van der Waals surface area contributed by atoms with Crippen LogP contribution in [0.25, 0.3) is 5.57 Å². The Labute approximate surface area is 91.0 Å². The minimum Gasteiger partial charge on any atom is -0.493 e. The second kappa shape index (κ2) is 4.99. The smallest absolute Gasteiger partial charge is 0.126 e.